The van der Waals surface area contributed by atoms with Gasteiger partial charge in [-0.1, -0.05) is 12.1 Å². The number of rotatable bonds is 3. The smallest absolute Gasteiger partial charge is 0.259 e. The third-order valence-corrected chi connectivity index (χ3v) is 4.29. The second-order valence-corrected chi connectivity index (χ2v) is 5.93. The predicted molar refractivity (Wildman–Crippen MR) is 94.9 cm³/mol. The van der Waals surface area contributed by atoms with Crippen LogP contribution in [0.2, 0.25) is 0 Å². The van der Waals surface area contributed by atoms with Crippen molar-refractivity contribution in [3.63, 3.8) is 0 Å². The number of fused-ring (bicyclic) bond motifs is 1. The van der Waals surface area contributed by atoms with Gasteiger partial charge in [-0.25, -0.2) is 0 Å². The van der Waals surface area contributed by atoms with E-state index in [2.05, 4.69) is 10.2 Å². The van der Waals surface area contributed by atoms with Gasteiger partial charge in [-0.05, 0) is 30.3 Å². The van der Waals surface area contributed by atoms with E-state index in [1.54, 1.807) is 12.1 Å². The fraction of sp³-hybridized carbons (Fsp3) is 0.316. The van der Waals surface area contributed by atoms with Gasteiger partial charge in [0.15, 0.2) is 11.5 Å². The highest BCUT2D eigenvalue weighted by Crippen LogP contribution is 2.34. The second kappa shape index (κ2) is 7.03. The van der Waals surface area contributed by atoms with Crippen LogP contribution in [0, 0.1) is 0 Å². The zero-order chi connectivity index (χ0) is 17.1. The van der Waals surface area contributed by atoms with Crippen LogP contribution in [0.1, 0.15) is 10.4 Å². The Labute approximate surface area is 146 Å². The van der Waals surface area contributed by atoms with Gasteiger partial charge in [0.2, 0.25) is 0 Å². The zero-order valence-electron chi connectivity index (χ0n) is 13.9. The number of morpholine rings is 1. The largest absolute Gasteiger partial charge is 0.486 e. The average Bonchev–Trinajstić information content (AvgIpc) is 2.68. The number of anilines is 2. The van der Waals surface area contributed by atoms with Gasteiger partial charge >= 0.3 is 0 Å². The van der Waals surface area contributed by atoms with Crippen molar-refractivity contribution in [1.29, 1.82) is 0 Å². The van der Waals surface area contributed by atoms with Crippen LogP contribution in [0.25, 0.3) is 0 Å². The number of hydrogen-bond donors (Lipinski definition) is 1. The summed E-state index contributed by atoms with van der Waals surface area (Å²) in [5.41, 5.74) is 2.31. The van der Waals surface area contributed by atoms with E-state index in [0.29, 0.717) is 30.3 Å². The summed E-state index contributed by atoms with van der Waals surface area (Å²) in [4.78, 5) is 14.9. The molecule has 130 valence electrons. The fourth-order valence-electron chi connectivity index (χ4n) is 3.05. The topological polar surface area (TPSA) is 60.0 Å². The van der Waals surface area contributed by atoms with Crippen LogP contribution in [0.4, 0.5) is 11.4 Å². The lowest BCUT2D eigenvalue weighted by Gasteiger charge is -2.29. The highest BCUT2D eigenvalue weighted by Gasteiger charge is 2.20. The summed E-state index contributed by atoms with van der Waals surface area (Å²) in [7, 11) is 0. The number of benzene rings is 2. The lowest BCUT2D eigenvalue weighted by molar-refractivity contribution is 0.101. The first-order chi connectivity index (χ1) is 12.3. The van der Waals surface area contributed by atoms with E-state index in [1.807, 2.05) is 30.3 Å². The van der Waals surface area contributed by atoms with E-state index in [0.717, 1.165) is 37.7 Å². The van der Waals surface area contributed by atoms with E-state index in [4.69, 9.17) is 14.2 Å². The fourth-order valence-corrected chi connectivity index (χ4v) is 3.05. The number of nitrogens with one attached hydrogen (secondary N) is 1. The first kappa shape index (κ1) is 15.8. The lowest BCUT2D eigenvalue weighted by Crippen LogP contribution is -2.36. The molecule has 0 radical (unpaired) electrons. The van der Waals surface area contributed by atoms with Crippen LogP contribution in [0.5, 0.6) is 11.5 Å². The molecule has 2 heterocycles. The number of hydrogen-bond acceptors (Lipinski definition) is 5. The summed E-state index contributed by atoms with van der Waals surface area (Å²) in [6, 6.07) is 13.2. The van der Waals surface area contributed by atoms with Crippen molar-refractivity contribution >= 4 is 17.3 Å². The third-order valence-electron chi connectivity index (χ3n) is 4.29. The Morgan fingerprint density at radius 3 is 2.64 bits per heavy atom. The quantitative estimate of drug-likeness (QED) is 0.930. The summed E-state index contributed by atoms with van der Waals surface area (Å²) in [5, 5.41) is 2.96. The molecule has 0 aliphatic carbocycles. The molecule has 0 bridgehead atoms. The summed E-state index contributed by atoms with van der Waals surface area (Å²) in [6.45, 7) is 4.11. The lowest BCUT2D eigenvalue weighted by atomic mass is 10.1. The number of nitrogens with zero attached hydrogens (tertiary/aromatic N) is 1. The zero-order valence-corrected chi connectivity index (χ0v) is 13.9. The number of carbonyl (C=O) groups excluding carboxylic acids is 1. The minimum atomic E-state index is -0.207. The highest BCUT2D eigenvalue weighted by molar-refractivity contribution is 6.07. The van der Waals surface area contributed by atoms with Crippen molar-refractivity contribution in [3.8, 4) is 11.5 Å². The molecule has 0 unspecified atom stereocenters. The first-order valence-electron chi connectivity index (χ1n) is 8.44. The van der Waals surface area contributed by atoms with Gasteiger partial charge in [0.1, 0.15) is 13.2 Å². The second-order valence-electron chi connectivity index (χ2n) is 5.93. The summed E-state index contributed by atoms with van der Waals surface area (Å²) in [5.74, 6) is 0.915. The van der Waals surface area contributed by atoms with Gasteiger partial charge in [0, 0.05) is 24.5 Å². The summed E-state index contributed by atoms with van der Waals surface area (Å²) in [6.07, 6.45) is 0. The molecular formula is C19H20N2O4. The Morgan fingerprint density at radius 1 is 0.960 bits per heavy atom. The summed E-state index contributed by atoms with van der Waals surface area (Å²) < 4.78 is 16.6. The van der Waals surface area contributed by atoms with E-state index in [1.165, 1.54) is 0 Å². The maximum atomic E-state index is 12.7. The van der Waals surface area contributed by atoms with Crippen molar-refractivity contribution in [3.05, 3.63) is 48.0 Å². The molecule has 0 atom stereocenters. The molecule has 1 amide bonds. The van der Waals surface area contributed by atoms with Gasteiger partial charge < -0.3 is 24.4 Å². The molecule has 4 rings (SSSR count). The number of carbonyl (C=O) groups is 1. The SMILES string of the molecule is O=C(Nc1cccc(N2CCOCC2)c1)c1cccc2c1OCCO2. The standard InChI is InChI=1S/C19H20N2O4/c22-19(16-5-2-6-17-18(16)25-12-11-24-17)20-14-3-1-4-15(13-14)21-7-9-23-10-8-21/h1-6,13H,7-12H2,(H,20,22). The number of para-hydroxylation sites is 1. The molecule has 0 spiro atoms. The molecule has 1 N–H and O–H groups in total. The Hall–Kier alpha value is -2.73. The Bertz CT molecular complexity index is 772. The van der Waals surface area contributed by atoms with Crippen molar-refractivity contribution in [2.45, 2.75) is 0 Å². The van der Waals surface area contributed by atoms with Crippen molar-refractivity contribution in [2.24, 2.45) is 0 Å². The molecular weight excluding hydrogens is 320 g/mol. The molecule has 6 heteroatoms. The molecule has 2 aliphatic rings. The van der Waals surface area contributed by atoms with E-state index < -0.39 is 0 Å². The Balaban J connectivity index is 1.53. The first-order valence-corrected chi connectivity index (χ1v) is 8.44. The van der Waals surface area contributed by atoms with Gasteiger partial charge in [0.05, 0.1) is 18.8 Å². The number of amides is 1. The molecule has 0 saturated carbocycles. The highest BCUT2D eigenvalue weighted by atomic mass is 16.6. The van der Waals surface area contributed by atoms with Crippen LogP contribution in [-0.2, 0) is 4.74 Å². The molecule has 2 aromatic rings. The van der Waals surface area contributed by atoms with Crippen molar-refractivity contribution < 1.29 is 19.0 Å². The van der Waals surface area contributed by atoms with E-state index in [-0.39, 0.29) is 5.91 Å². The maximum Gasteiger partial charge on any atom is 0.259 e. The van der Waals surface area contributed by atoms with Gasteiger partial charge in [0.25, 0.3) is 5.91 Å². The molecule has 2 aliphatic heterocycles. The molecule has 1 saturated heterocycles. The Kier molecular flexibility index (Phi) is 4.43. The molecule has 0 aromatic heterocycles. The van der Waals surface area contributed by atoms with Crippen LogP contribution >= 0.6 is 0 Å². The minimum absolute atomic E-state index is 0.207. The average molecular weight is 340 g/mol. The van der Waals surface area contributed by atoms with Gasteiger partial charge in [-0.3, -0.25) is 4.79 Å². The van der Waals surface area contributed by atoms with E-state index in [9.17, 15) is 4.79 Å². The normalized spacial score (nSPS) is 16.4. The Morgan fingerprint density at radius 2 is 1.76 bits per heavy atom. The van der Waals surface area contributed by atoms with Gasteiger partial charge in [-0.2, -0.15) is 0 Å². The third kappa shape index (κ3) is 3.39. The van der Waals surface area contributed by atoms with Crippen LogP contribution in [0.15, 0.2) is 42.5 Å². The van der Waals surface area contributed by atoms with Crippen molar-refractivity contribution in [2.75, 3.05) is 49.7 Å². The monoisotopic (exact) mass is 340 g/mol. The van der Waals surface area contributed by atoms with Gasteiger partial charge in [-0.15, -0.1) is 0 Å². The van der Waals surface area contributed by atoms with E-state index >= 15 is 0 Å². The molecule has 25 heavy (non-hydrogen) atoms. The van der Waals surface area contributed by atoms with Crippen LogP contribution < -0.4 is 19.7 Å². The minimum Gasteiger partial charge on any atom is -0.486 e. The number of ether oxygens (including phenoxy) is 3. The molecule has 2 aromatic carbocycles. The molecule has 6 nitrogen and oxygen atoms in total. The molecule has 1 fully saturated rings. The predicted octanol–water partition coefficient (Wildman–Crippen LogP) is 2.55. The summed E-state index contributed by atoms with van der Waals surface area (Å²) >= 11 is 0. The van der Waals surface area contributed by atoms with Crippen LogP contribution in [0.3, 0.4) is 0 Å². The van der Waals surface area contributed by atoms with Crippen molar-refractivity contribution in [1.82, 2.24) is 0 Å². The van der Waals surface area contributed by atoms with Crippen LogP contribution in [-0.4, -0.2) is 45.4 Å². The maximum absolute atomic E-state index is 12.7.